The molecular formula is C12H12ClF2NO4S. The summed E-state index contributed by atoms with van der Waals surface area (Å²) in [5.41, 5.74) is 0. The first-order valence-corrected chi connectivity index (χ1v) is 7.88. The summed E-state index contributed by atoms with van der Waals surface area (Å²) >= 11 is 5.37. The molecule has 0 amide bonds. The molecule has 9 heteroatoms. The molecule has 1 saturated heterocycles. The maximum absolute atomic E-state index is 13.9. The van der Waals surface area contributed by atoms with E-state index in [0.717, 1.165) is 12.1 Å². The van der Waals surface area contributed by atoms with Crippen LogP contribution in [0.2, 0.25) is 5.02 Å². The number of halogens is 3. The predicted octanol–water partition coefficient (Wildman–Crippen LogP) is 2.10. The van der Waals surface area contributed by atoms with Crippen LogP contribution >= 0.6 is 11.6 Å². The number of rotatable bonds is 3. The lowest BCUT2D eigenvalue weighted by molar-refractivity contribution is -0.141. The second kappa shape index (κ2) is 5.51. The van der Waals surface area contributed by atoms with E-state index in [-0.39, 0.29) is 6.54 Å². The summed E-state index contributed by atoms with van der Waals surface area (Å²) in [5, 5.41) is 8.21. The molecule has 1 aromatic carbocycles. The van der Waals surface area contributed by atoms with Crippen LogP contribution in [0.1, 0.15) is 13.3 Å². The third-order valence-electron chi connectivity index (χ3n) is 3.49. The van der Waals surface area contributed by atoms with Crippen LogP contribution in [-0.4, -0.2) is 36.4 Å². The molecule has 1 aliphatic rings. The Morgan fingerprint density at radius 3 is 2.62 bits per heavy atom. The molecule has 2 atom stereocenters. The Labute approximate surface area is 125 Å². The van der Waals surface area contributed by atoms with Crippen LogP contribution in [0.3, 0.4) is 0 Å². The number of hydrogen-bond donors (Lipinski definition) is 1. The van der Waals surface area contributed by atoms with Gasteiger partial charge in [-0.3, -0.25) is 4.79 Å². The Balaban J connectivity index is 2.53. The van der Waals surface area contributed by atoms with Crippen molar-refractivity contribution in [2.75, 3.05) is 6.54 Å². The van der Waals surface area contributed by atoms with E-state index in [0.29, 0.717) is 10.7 Å². The molecule has 1 aliphatic heterocycles. The number of carbonyl (C=O) groups is 1. The summed E-state index contributed by atoms with van der Waals surface area (Å²) in [5.74, 6) is -4.22. The van der Waals surface area contributed by atoms with Gasteiger partial charge >= 0.3 is 5.97 Å². The molecule has 2 rings (SSSR count). The van der Waals surface area contributed by atoms with E-state index in [1.54, 1.807) is 6.92 Å². The van der Waals surface area contributed by atoms with Crippen LogP contribution < -0.4 is 0 Å². The number of aliphatic carboxylic acids is 1. The summed E-state index contributed by atoms with van der Waals surface area (Å²) in [7, 11) is -4.41. The molecule has 0 radical (unpaired) electrons. The molecule has 0 bridgehead atoms. The molecule has 1 N–H and O–H groups in total. The SMILES string of the molecule is CC1CCN(S(=O)(=O)c2ccc(F)c(Cl)c2F)C1C(=O)O. The molecule has 0 aliphatic carbocycles. The smallest absolute Gasteiger partial charge is 0.322 e. The first-order chi connectivity index (χ1) is 9.67. The number of hydrogen-bond acceptors (Lipinski definition) is 3. The monoisotopic (exact) mass is 339 g/mol. The highest BCUT2D eigenvalue weighted by molar-refractivity contribution is 7.89. The number of benzene rings is 1. The van der Waals surface area contributed by atoms with Crippen LogP contribution in [-0.2, 0) is 14.8 Å². The van der Waals surface area contributed by atoms with Gasteiger partial charge in [-0.1, -0.05) is 18.5 Å². The van der Waals surface area contributed by atoms with Crippen molar-refractivity contribution in [2.45, 2.75) is 24.3 Å². The Hall–Kier alpha value is -1.25. The average molecular weight is 340 g/mol. The van der Waals surface area contributed by atoms with Gasteiger partial charge < -0.3 is 5.11 Å². The van der Waals surface area contributed by atoms with Crippen LogP contribution in [0.15, 0.2) is 17.0 Å². The minimum Gasteiger partial charge on any atom is -0.480 e. The van der Waals surface area contributed by atoms with E-state index in [9.17, 15) is 22.0 Å². The van der Waals surface area contributed by atoms with Crippen molar-refractivity contribution in [2.24, 2.45) is 5.92 Å². The van der Waals surface area contributed by atoms with Gasteiger partial charge in [-0.05, 0) is 24.5 Å². The molecule has 2 unspecified atom stereocenters. The van der Waals surface area contributed by atoms with Crippen LogP contribution in [0.4, 0.5) is 8.78 Å². The minimum absolute atomic E-state index is 0.0467. The lowest BCUT2D eigenvalue weighted by Gasteiger charge is -2.23. The molecule has 116 valence electrons. The normalized spacial score (nSPS) is 23.4. The van der Waals surface area contributed by atoms with Crippen LogP contribution in [0.25, 0.3) is 0 Å². The standard InChI is InChI=1S/C12H12ClF2NO4S/c1-6-4-5-16(11(6)12(17)18)21(19,20)8-3-2-7(14)9(13)10(8)15/h2-3,6,11H,4-5H2,1H3,(H,17,18). The van der Waals surface area contributed by atoms with Gasteiger partial charge in [-0.2, -0.15) is 4.31 Å². The van der Waals surface area contributed by atoms with E-state index in [1.165, 1.54) is 0 Å². The number of carboxylic acids is 1. The van der Waals surface area contributed by atoms with Crippen LogP contribution in [0.5, 0.6) is 0 Å². The zero-order valence-electron chi connectivity index (χ0n) is 10.9. The molecular weight excluding hydrogens is 328 g/mol. The molecule has 0 spiro atoms. The zero-order chi connectivity index (χ0) is 15.9. The second-order valence-corrected chi connectivity index (χ2v) is 7.08. The van der Waals surface area contributed by atoms with Gasteiger partial charge in [-0.25, -0.2) is 17.2 Å². The maximum Gasteiger partial charge on any atom is 0.322 e. The second-order valence-electron chi connectivity index (χ2n) is 4.84. The first-order valence-electron chi connectivity index (χ1n) is 6.06. The van der Waals surface area contributed by atoms with E-state index in [2.05, 4.69) is 0 Å². The fourth-order valence-electron chi connectivity index (χ4n) is 2.38. The largest absolute Gasteiger partial charge is 0.480 e. The predicted molar refractivity (Wildman–Crippen MR) is 70.5 cm³/mol. The fourth-order valence-corrected chi connectivity index (χ4v) is 4.37. The van der Waals surface area contributed by atoms with Crippen molar-refractivity contribution < 1.29 is 27.1 Å². The van der Waals surface area contributed by atoms with Crippen molar-refractivity contribution in [3.63, 3.8) is 0 Å². The van der Waals surface area contributed by atoms with Crippen molar-refractivity contribution >= 4 is 27.6 Å². The summed E-state index contributed by atoms with van der Waals surface area (Å²) in [4.78, 5) is 10.4. The van der Waals surface area contributed by atoms with Crippen molar-refractivity contribution in [1.82, 2.24) is 4.31 Å². The Morgan fingerprint density at radius 1 is 1.43 bits per heavy atom. The van der Waals surface area contributed by atoms with E-state index < -0.39 is 49.5 Å². The Kier molecular flexibility index (Phi) is 4.23. The average Bonchev–Trinajstić information content (AvgIpc) is 2.78. The molecule has 0 saturated carbocycles. The lowest BCUT2D eigenvalue weighted by atomic mass is 10.0. The van der Waals surface area contributed by atoms with Gasteiger partial charge in [0.05, 0.1) is 0 Å². The van der Waals surface area contributed by atoms with Gasteiger partial charge in [0.25, 0.3) is 0 Å². The van der Waals surface area contributed by atoms with Gasteiger partial charge in [-0.15, -0.1) is 0 Å². The summed E-state index contributed by atoms with van der Waals surface area (Å²) in [6, 6.07) is 0.194. The van der Waals surface area contributed by atoms with Crippen LogP contribution in [0, 0.1) is 17.6 Å². The molecule has 0 aromatic heterocycles. The van der Waals surface area contributed by atoms with Crippen molar-refractivity contribution in [3.8, 4) is 0 Å². The van der Waals surface area contributed by atoms with Gasteiger partial charge in [0.15, 0.2) is 5.82 Å². The highest BCUT2D eigenvalue weighted by Crippen LogP contribution is 2.33. The quantitative estimate of drug-likeness (QED) is 0.856. The van der Waals surface area contributed by atoms with Gasteiger partial charge in [0.1, 0.15) is 21.8 Å². The highest BCUT2D eigenvalue weighted by Gasteiger charge is 2.45. The first kappa shape index (κ1) is 16.1. The molecule has 21 heavy (non-hydrogen) atoms. The number of nitrogens with zero attached hydrogens (tertiary/aromatic N) is 1. The van der Waals surface area contributed by atoms with E-state index in [4.69, 9.17) is 16.7 Å². The highest BCUT2D eigenvalue weighted by atomic mass is 35.5. The van der Waals surface area contributed by atoms with E-state index >= 15 is 0 Å². The third-order valence-corrected chi connectivity index (χ3v) is 5.74. The zero-order valence-corrected chi connectivity index (χ0v) is 12.5. The van der Waals surface area contributed by atoms with Crippen molar-refractivity contribution in [3.05, 3.63) is 28.8 Å². The number of sulfonamides is 1. The minimum atomic E-state index is -4.41. The molecule has 1 heterocycles. The molecule has 1 fully saturated rings. The van der Waals surface area contributed by atoms with Gasteiger partial charge in [0, 0.05) is 6.54 Å². The maximum atomic E-state index is 13.9. The Morgan fingerprint density at radius 2 is 2.05 bits per heavy atom. The topological polar surface area (TPSA) is 74.7 Å². The Bertz CT molecular complexity index is 695. The number of carboxylic acid groups (broad SMARTS) is 1. The summed E-state index contributed by atoms with van der Waals surface area (Å²) < 4.78 is 52.6. The summed E-state index contributed by atoms with van der Waals surface area (Å²) in [6.45, 7) is 1.55. The lowest BCUT2D eigenvalue weighted by Crippen LogP contribution is -2.43. The summed E-state index contributed by atoms with van der Waals surface area (Å²) in [6.07, 6.45) is 0.340. The molecule has 1 aromatic rings. The molecule has 5 nitrogen and oxygen atoms in total. The third kappa shape index (κ3) is 2.63. The van der Waals surface area contributed by atoms with Gasteiger partial charge in [0.2, 0.25) is 10.0 Å². The van der Waals surface area contributed by atoms with Crippen molar-refractivity contribution in [1.29, 1.82) is 0 Å². The fraction of sp³-hybridized carbons (Fsp3) is 0.417. The van der Waals surface area contributed by atoms with E-state index in [1.807, 2.05) is 0 Å².